The molecule has 5 rings (SSSR count). The minimum atomic E-state index is -0.809. The van der Waals surface area contributed by atoms with Crippen molar-refractivity contribution in [2.45, 2.75) is 18.7 Å². The molecule has 0 aliphatic carbocycles. The van der Waals surface area contributed by atoms with Crippen LogP contribution in [0.5, 0.6) is 0 Å². The summed E-state index contributed by atoms with van der Waals surface area (Å²) in [4.78, 5) is 33.9. The zero-order chi connectivity index (χ0) is 19.8. The maximum atomic E-state index is 13.4. The van der Waals surface area contributed by atoms with E-state index in [1.54, 1.807) is 5.06 Å². The number of benzene rings is 3. The van der Waals surface area contributed by atoms with E-state index in [-0.39, 0.29) is 24.4 Å². The second-order valence-corrected chi connectivity index (χ2v) is 7.32. The highest BCUT2D eigenvalue weighted by Crippen LogP contribution is 2.46. The summed E-state index contributed by atoms with van der Waals surface area (Å²) in [6.45, 7) is 0.266. The van der Waals surface area contributed by atoms with E-state index in [4.69, 9.17) is 4.84 Å². The van der Waals surface area contributed by atoms with Crippen LogP contribution < -0.4 is 5.06 Å². The predicted octanol–water partition coefficient (Wildman–Crippen LogP) is 3.73. The molecule has 3 atom stereocenters. The number of amides is 2. The molecule has 0 bridgehead atoms. The van der Waals surface area contributed by atoms with Crippen LogP contribution in [0.1, 0.15) is 17.2 Å². The Morgan fingerprint density at radius 1 is 0.724 bits per heavy atom. The number of hydroxylamine groups is 1. The summed E-state index contributed by atoms with van der Waals surface area (Å²) in [5, 5.41) is 1.72. The standard InChI is InChI=1S/C24H20N2O3/c27-23-20-21(18-12-6-2-7-13-18)26(19-14-8-3-9-15-19)29-22(20)24(28)25(23)16-17-10-4-1-5-11-17/h1-15,20-22H,16H2/t20-,21+,22-/m0/s1. The van der Waals surface area contributed by atoms with Gasteiger partial charge in [-0.25, -0.2) is 5.06 Å². The van der Waals surface area contributed by atoms with E-state index in [1.165, 1.54) is 4.90 Å². The smallest absolute Gasteiger partial charge is 0.262 e. The Kier molecular flexibility index (Phi) is 4.37. The van der Waals surface area contributed by atoms with Crippen LogP contribution in [0.3, 0.4) is 0 Å². The van der Waals surface area contributed by atoms with Crippen LogP contribution in [0.4, 0.5) is 5.69 Å². The van der Waals surface area contributed by atoms with Gasteiger partial charge in [0.05, 0.1) is 18.3 Å². The average Bonchev–Trinajstić information content (AvgIpc) is 3.28. The molecule has 29 heavy (non-hydrogen) atoms. The van der Waals surface area contributed by atoms with E-state index in [0.29, 0.717) is 0 Å². The van der Waals surface area contributed by atoms with Crippen LogP contribution in [0.2, 0.25) is 0 Å². The molecule has 3 aromatic carbocycles. The van der Waals surface area contributed by atoms with Crippen molar-refractivity contribution in [1.29, 1.82) is 0 Å². The van der Waals surface area contributed by atoms with Crippen LogP contribution in [0.15, 0.2) is 91.0 Å². The fraction of sp³-hybridized carbons (Fsp3) is 0.167. The van der Waals surface area contributed by atoms with Gasteiger partial charge in [-0.15, -0.1) is 0 Å². The van der Waals surface area contributed by atoms with Gasteiger partial charge in [0.25, 0.3) is 5.91 Å². The molecule has 2 fully saturated rings. The lowest BCUT2D eigenvalue weighted by Crippen LogP contribution is -2.36. The first-order valence-electron chi connectivity index (χ1n) is 9.69. The summed E-state index contributed by atoms with van der Waals surface area (Å²) in [7, 11) is 0. The van der Waals surface area contributed by atoms with Crippen molar-refractivity contribution < 1.29 is 14.4 Å². The molecule has 0 spiro atoms. The van der Waals surface area contributed by atoms with E-state index < -0.39 is 12.0 Å². The van der Waals surface area contributed by atoms with Crippen LogP contribution >= 0.6 is 0 Å². The van der Waals surface area contributed by atoms with Crippen molar-refractivity contribution >= 4 is 17.5 Å². The number of imide groups is 1. The fourth-order valence-electron chi connectivity index (χ4n) is 4.18. The highest BCUT2D eigenvalue weighted by Gasteiger charge is 2.59. The van der Waals surface area contributed by atoms with Crippen LogP contribution in [0.25, 0.3) is 0 Å². The summed E-state index contributed by atoms with van der Waals surface area (Å²) in [6.07, 6.45) is -0.809. The van der Waals surface area contributed by atoms with Gasteiger partial charge in [0.15, 0.2) is 6.10 Å². The average molecular weight is 384 g/mol. The van der Waals surface area contributed by atoms with Crippen molar-refractivity contribution in [2.75, 3.05) is 5.06 Å². The molecule has 3 aromatic rings. The number of carbonyl (C=O) groups is 2. The Morgan fingerprint density at radius 3 is 1.97 bits per heavy atom. The molecule has 0 unspecified atom stereocenters. The summed E-state index contributed by atoms with van der Waals surface area (Å²) in [5.74, 6) is -1.03. The zero-order valence-electron chi connectivity index (χ0n) is 15.7. The van der Waals surface area contributed by atoms with E-state index in [1.807, 2.05) is 91.0 Å². The molecule has 0 N–H and O–H groups in total. The van der Waals surface area contributed by atoms with Crippen molar-refractivity contribution in [3.05, 3.63) is 102 Å². The Morgan fingerprint density at radius 2 is 1.31 bits per heavy atom. The topological polar surface area (TPSA) is 49.9 Å². The number of para-hydroxylation sites is 1. The Hall–Kier alpha value is -3.44. The molecule has 0 aromatic heterocycles. The van der Waals surface area contributed by atoms with Gasteiger partial charge in [-0.05, 0) is 23.3 Å². The van der Waals surface area contributed by atoms with E-state index in [0.717, 1.165) is 16.8 Å². The number of hydrogen-bond acceptors (Lipinski definition) is 4. The maximum absolute atomic E-state index is 13.4. The fourth-order valence-corrected chi connectivity index (χ4v) is 4.18. The van der Waals surface area contributed by atoms with Gasteiger partial charge in [-0.1, -0.05) is 78.9 Å². The zero-order valence-corrected chi connectivity index (χ0v) is 15.7. The first kappa shape index (κ1) is 17.6. The molecule has 5 heteroatoms. The summed E-state index contributed by atoms with van der Waals surface area (Å²) < 4.78 is 0. The summed E-state index contributed by atoms with van der Waals surface area (Å²) >= 11 is 0. The molecule has 0 radical (unpaired) electrons. The van der Waals surface area contributed by atoms with Gasteiger partial charge in [-0.3, -0.25) is 19.3 Å². The highest BCUT2D eigenvalue weighted by atomic mass is 16.7. The number of likely N-dealkylation sites (tertiary alicyclic amines) is 1. The van der Waals surface area contributed by atoms with Gasteiger partial charge in [0.2, 0.25) is 5.91 Å². The van der Waals surface area contributed by atoms with Crippen molar-refractivity contribution in [2.24, 2.45) is 5.92 Å². The molecule has 0 saturated carbocycles. The third kappa shape index (κ3) is 3.00. The Bertz CT molecular complexity index is 1020. The second kappa shape index (κ2) is 7.18. The second-order valence-electron chi connectivity index (χ2n) is 7.32. The Balaban J connectivity index is 1.52. The Labute approximate surface area is 169 Å². The number of rotatable bonds is 4. The monoisotopic (exact) mass is 384 g/mol. The van der Waals surface area contributed by atoms with E-state index >= 15 is 0 Å². The molecule has 2 heterocycles. The van der Waals surface area contributed by atoms with Gasteiger partial charge >= 0.3 is 0 Å². The van der Waals surface area contributed by atoms with Crippen molar-refractivity contribution in [3.63, 3.8) is 0 Å². The third-order valence-corrected chi connectivity index (χ3v) is 5.54. The van der Waals surface area contributed by atoms with Gasteiger partial charge in [0.1, 0.15) is 5.92 Å². The van der Waals surface area contributed by atoms with Gasteiger partial charge in [0, 0.05) is 0 Å². The van der Waals surface area contributed by atoms with E-state index in [2.05, 4.69) is 0 Å². The first-order chi connectivity index (χ1) is 14.2. The van der Waals surface area contributed by atoms with Crippen LogP contribution in [-0.4, -0.2) is 22.8 Å². The van der Waals surface area contributed by atoms with Crippen molar-refractivity contribution in [3.8, 4) is 0 Å². The van der Waals surface area contributed by atoms with Gasteiger partial charge < -0.3 is 0 Å². The molecule has 2 amide bonds. The largest absolute Gasteiger partial charge is 0.275 e. The number of anilines is 1. The summed E-state index contributed by atoms with van der Waals surface area (Å²) in [6, 6.07) is 28.6. The third-order valence-electron chi connectivity index (χ3n) is 5.54. The quantitative estimate of drug-likeness (QED) is 0.643. The van der Waals surface area contributed by atoms with E-state index in [9.17, 15) is 9.59 Å². The lowest BCUT2D eigenvalue weighted by molar-refractivity contribution is -0.143. The normalized spacial score (nSPS) is 23.5. The van der Waals surface area contributed by atoms with Crippen LogP contribution in [-0.2, 0) is 21.0 Å². The minimum absolute atomic E-state index is 0.184. The van der Waals surface area contributed by atoms with Crippen molar-refractivity contribution in [1.82, 2.24) is 4.90 Å². The highest BCUT2D eigenvalue weighted by molar-refractivity contribution is 6.07. The lowest BCUT2D eigenvalue weighted by atomic mass is 9.90. The molecule has 5 nitrogen and oxygen atoms in total. The maximum Gasteiger partial charge on any atom is 0.262 e. The molecule has 2 saturated heterocycles. The molecule has 2 aliphatic rings. The molecule has 144 valence electrons. The van der Waals surface area contributed by atoms with Gasteiger partial charge in [-0.2, -0.15) is 0 Å². The SMILES string of the molecule is O=C1[C@@H]2[C@H](ON(c3ccccc3)[C@@H]2c2ccccc2)C(=O)N1Cc1ccccc1. The molecule has 2 aliphatic heterocycles. The predicted molar refractivity (Wildman–Crippen MR) is 108 cm³/mol. The number of carbonyl (C=O) groups excluding carboxylic acids is 2. The first-order valence-corrected chi connectivity index (χ1v) is 9.69. The summed E-state index contributed by atoms with van der Waals surface area (Å²) in [5.41, 5.74) is 2.70. The number of hydrogen-bond donors (Lipinski definition) is 0. The minimum Gasteiger partial charge on any atom is -0.275 e. The van der Waals surface area contributed by atoms with Crippen LogP contribution in [0, 0.1) is 5.92 Å². The molecular weight excluding hydrogens is 364 g/mol. The number of fused-ring (bicyclic) bond motifs is 1. The lowest BCUT2D eigenvalue weighted by Gasteiger charge is -2.28. The molecular formula is C24H20N2O3. The number of nitrogens with zero attached hydrogens (tertiary/aromatic N) is 2.